The molecule has 4 aromatic rings. The summed E-state index contributed by atoms with van der Waals surface area (Å²) < 4.78 is 13.1. The Kier molecular flexibility index (Phi) is 5.87. The Morgan fingerprint density at radius 1 is 1.07 bits per heavy atom. The molecule has 0 radical (unpaired) electrons. The molecule has 2 aromatic carbocycles. The summed E-state index contributed by atoms with van der Waals surface area (Å²) in [4.78, 5) is 9.34. The van der Waals surface area contributed by atoms with Crippen LogP contribution in [0.15, 0.2) is 65.4 Å². The predicted molar refractivity (Wildman–Crippen MR) is 119 cm³/mol. The van der Waals surface area contributed by atoms with Gasteiger partial charge in [0.1, 0.15) is 5.01 Å². The summed E-state index contributed by atoms with van der Waals surface area (Å²) in [7, 11) is 3.29. The number of ether oxygens (including phenoxy) is 2. The number of methoxy groups -OCH3 is 2. The summed E-state index contributed by atoms with van der Waals surface area (Å²) in [5.41, 5.74) is 4.31. The highest BCUT2D eigenvalue weighted by molar-refractivity contribution is 7.98. The van der Waals surface area contributed by atoms with Gasteiger partial charge in [0, 0.05) is 23.5 Å². The highest BCUT2D eigenvalue weighted by Crippen LogP contribution is 2.39. The van der Waals surface area contributed by atoms with E-state index in [0.717, 1.165) is 32.9 Å². The quantitative estimate of drug-likeness (QED) is 0.361. The third kappa shape index (κ3) is 4.02. The summed E-state index contributed by atoms with van der Waals surface area (Å²) in [6.45, 7) is 2.11. The van der Waals surface area contributed by atoms with Crippen molar-refractivity contribution in [3.8, 4) is 27.8 Å². The molecule has 0 N–H and O–H groups in total. The van der Waals surface area contributed by atoms with Gasteiger partial charge in [-0.05, 0) is 30.7 Å². The van der Waals surface area contributed by atoms with Crippen molar-refractivity contribution < 1.29 is 9.47 Å². The largest absolute Gasteiger partial charge is 0.493 e. The lowest BCUT2D eigenvalue weighted by Crippen LogP contribution is -1.97. The van der Waals surface area contributed by atoms with Crippen molar-refractivity contribution in [3.63, 3.8) is 0 Å². The molecule has 2 heterocycles. The molecule has 29 heavy (non-hydrogen) atoms. The lowest BCUT2D eigenvalue weighted by Gasteiger charge is -2.10. The molecule has 0 atom stereocenters. The molecule has 0 aliphatic carbocycles. The molecule has 0 aliphatic heterocycles. The second-order valence-electron chi connectivity index (χ2n) is 6.34. The van der Waals surface area contributed by atoms with E-state index >= 15 is 0 Å². The standard InChI is InChI=1S/C22H21N3O2S2/c1-15-7-4-5-9-18(15)25-12-11-23-22(25)29-14-16-13-28-21(24-16)17-8-6-10-19(26-2)20(17)27-3/h4-13H,14H2,1-3H3. The number of aromatic nitrogens is 3. The molecule has 0 spiro atoms. The van der Waals surface area contributed by atoms with Crippen molar-refractivity contribution in [1.29, 1.82) is 0 Å². The first-order valence-electron chi connectivity index (χ1n) is 9.09. The van der Waals surface area contributed by atoms with E-state index in [2.05, 4.69) is 34.0 Å². The van der Waals surface area contributed by atoms with Crippen LogP contribution in [0, 0.1) is 6.92 Å². The number of rotatable bonds is 7. The van der Waals surface area contributed by atoms with E-state index in [1.165, 1.54) is 5.56 Å². The molecule has 5 nitrogen and oxygen atoms in total. The summed E-state index contributed by atoms with van der Waals surface area (Å²) in [5.74, 6) is 2.15. The first kappa shape index (κ1) is 19.5. The van der Waals surface area contributed by atoms with E-state index in [4.69, 9.17) is 14.5 Å². The van der Waals surface area contributed by atoms with E-state index in [9.17, 15) is 0 Å². The van der Waals surface area contributed by atoms with Crippen LogP contribution >= 0.6 is 23.1 Å². The average molecular weight is 424 g/mol. The summed E-state index contributed by atoms with van der Waals surface area (Å²) >= 11 is 3.28. The number of para-hydroxylation sites is 2. The predicted octanol–water partition coefficient (Wildman–Crippen LogP) is 5.61. The van der Waals surface area contributed by atoms with Crippen LogP contribution in [0.5, 0.6) is 11.5 Å². The maximum absolute atomic E-state index is 5.55. The third-order valence-corrected chi connectivity index (χ3v) is 6.44. The van der Waals surface area contributed by atoms with Gasteiger partial charge >= 0.3 is 0 Å². The van der Waals surface area contributed by atoms with Gasteiger partial charge in [-0.2, -0.15) is 0 Å². The van der Waals surface area contributed by atoms with Gasteiger partial charge in [-0.1, -0.05) is 36.0 Å². The van der Waals surface area contributed by atoms with Crippen LogP contribution in [-0.4, -0.2) is 28.8 Å². The zero-order valence-corrected chi connectivity index (χ0v) is 18.1. The van der Waals surface area contributed by atoms with Crippen molar-refractivity contribution in [2.24, 2.45) is 0 Å². The van der Waals surface area contributed by atoms with Crippen molar-refractivity contribution in [2.45, 2.75) is 17.8 Å². The number of benzene rings is 2. The van der Waals surface area contributed by atoms with Crippen LogP contribution in [-0.2, 0) is 5.75 Å². The van der Waals surface area contributed by atoms with Gasteiger partial charge in [-0.15, -0.1) is 11.3 Å². The minimum atomic E-state index is 0.705. The molecular formula is C22H21N3O2S2. The van der Waals surface area contributed by atoms with Crippen LogP contribution in [0.3, 0.4) is 0 Å². The molecule has 0 bridgehead atoms. The van der Waals surface area contributed by atoms with Crippen LogP contribution in [0.25, 0.3) is 16.3 Å². The summed E-state index contributed by atoms with van der Waals surface area (Å²) in [5, 5.41) is 3.95. The number of imidazole rings is 1. The maximum atomic E-state index is 5.55. The number of nitrogens with zero attached hydrogens (tertiary/aromatic N) is 3. The number of aryl methyl sites for hydroxylation is 1. The molecule has 2 aromatic heterocycles. The smallest absolute Gasteiger partial charge is 0.172 e. The van der Waals surface area contributed by atoms with Gasteiger partial charge in [0.25, 0.3) is 0 Å². The lowest BCUT2D eigenvalue weighted by molar-refractivity contribution is 0.356. The summed E-state index contributed by atoms with van der Waals surface area (Å²) in [6.07, 6.45) is 3.83. The molecular weight excluding hydrogens is 402 g/mol. The molecule has 7 heteroatoms. The SMILES string of the molecule is COc1cccc(-c2nc(CSc3nccn3-c3ccccc3C)cs2)c1OC. The summed E-state index contributed by atoms with van der Waals surface area (Å²) in [6, 6.07) is 14.2. The fourth-order valence-corrected chi connectivity index (χ4v) is 4.91. The Morgan fingerprint density at radius 3 is 2.72 bits per heavy atom. The first-order chi connectivity index (χ1) is 14.2. The van der Waals surface area contributed by atoms with E-state index in [1.54, 1.807) is 37.3 Å². The van der Waals surface area contributed by atoms with Crippen LogP contribution in [0.1, 0.15) is 11.3 Å². The second-order valence-corrected chi connectivity index (χ2v) is 8.14. The highest BCUT2D eigenvalue weighted by Gasteiger charge is 2.15. The lowest BCUT2D eigenvalue weighted by atomic mass is 10.2. The zero-order valence-electron chi connectivity index (χ0n) is 16.5. The van der Waals surface area contributed by atoms with E-state index in [1.807, 2.05) is 42.7 Å². The molecule has 0 fully saturated rings. The topological polar surface area (TPSA) is 49.2 Å². The van der Waals surface area contributed by atoms with E-state index in [-0.39, 0.29) is 0 Å². The maximum Gasteiger partial charge on any atom is 0.172 e. The van der Waals surface area contributed by atoms with Gasteiger partial charge < -0.3 is 9.47 Å². The number of thiazole rings is 1. The minimum Gasteiger partial charge on any atom is -0.493 e. The number of hydrogen-bond donors (Lipinski definition) is 0. The van der Waals surface area contributed by atoms with Crippen molar-refractivity contribution in [1.82, 2.24) is 14.5 Å². The molecule has 4 rings (SSSR count). The Hall–Kier alpha value is -2.77. The van der Waals surface area contributed by atoms with Crippen molar-refractivity contribution in [2.75, 3.05) is 14.2 Å². The second kappa shape index (κ2) is 8.71. The van der Waals surface area contributed by atoms with Gasteiger partial charge in [-0.3, -0.25) is 4.57 Å². The van der Waals surface area contributed by atoms with Crippen molar-refractivity contribution in [3.05, 3.63) is 71.5 Å². The molecule has 148 valence electrons. The van der Waals surface area contributed by atoms with Gasteiger partial charge in [-0.25, -0.2) is 9.97 Å². The number of thioether (sulfide) groups is 1. The van der Waals surface area contributed by atoms with Gasteiger partial charge in [0.2, 0.25) is 0 Å². The van der Waals surface area contributed by atoms with E-state index < -0.39 is 0 Å². The van der Waals surface area contributed by atoms with E-state index in [0.29, 0.717) is 11.5 Å². The molecule has 0 aliphatic rings. The van der Waals surface area contributed by atoms with Crippen molar-refractivity contribution >= 4 is 23.1 Å². The van der Waals surface area contributed by atoms with Gasteiger partial charge in [0.05, 0.1) is 31.2 Å². The van der Waals surface area contributed by atoms with Crippen LogP contribution in [0.2, 0.25) is 0 Å². The number of hydrogen-bond acceptors (Lipinski definition) is 6. The normalized spacial score (nSPS) is 10.9. The zero-order chi connectivity index (χ0) is 20.2. The average Bonchev–Trinajstić information content (AvgIpc) is 3.41. The highest BCUT2D eigenvalue weighted by atomic mass is 32.2. The molecule has 0 saturated carbocycles. The Morgan fingerprint density at radius 2 is 1.93 bits per heavy atom. The molecule has 0 amide bonds. The molecule has 0 unspecified atom stereocenters. The van der Waals surface area contributed by atoms with Crippen LogP contribution < -0.4 is 9.47 Å². The Bertz CT molecular complexity index is 1120. The first-order valence-corrected chi connectivity index (χ1v) is 11.0. The Labute approximate surface area is 178 Å². The third-order valence-electron chi connectivity index (χ3n) is 4.52. The fourth-order valence-electron chi connectivity index (χ4n) is 3.10. The minimum absolute atomic E-state index is 0.705. The fraction of sp³-hybridized carbons (Fsp3) is 0.182. The van der Waals surface area contributed by atoms with Crippen LogP contribution in [0.4, 0.5) is 0 Å². The monoisotopic (exact) mass is 423 g/mol. The Balaban J connectivity index is 1.54. The molecule has 0 saturated heterocycles. The van der Waals surface area contributed by atoms with Gasteiger partial charge in [0.15, 0.2) is 16.7 Å².